The van der Waals surface area contributed by atoms with Gasteiger partial charge in [0.1, 0.15) is 0 Å². The Kier molecular flexibility index (Phi) is 3.84. The number of aryl methyl sites for hydroxylation is 1. The van der Waals surface area contributed by atoms with E-state index in [1.807, 2.05) is 30.5 Å². The number of thiazole rings is 1. The molecule has 0 radical (unpaired) electrons. The molecule has 1 aromatic carbocycles. The summed E-state index contributed by atoms with van der Waals surface area (Å²) in [7, 11) is 0. The zero-order valence-corrected chi connectivity index (χ0v) is 12.7. The van der Waals surface area contributed by atoms with Crippen LogP contribution in [0.5, 0.6) is 0 Å². The largest absolute Gasteiger partial charge is 0.366 e. The molecule has 0 fully saturated rings. The molecule has 2 aromatic heterocycles. The number of carbonyl (C=O) groups is 1. The normalized spacial score (nSPS) is 10.4. The second kappa shape index (κ2) is 5.95. The summed E-state index contributed by atoms with van der Waals surface area (Å²) in [5.41, 5.74) is 9.54. The van der Waals surface area contributed by atoms with E-state index in [0.29, 0.717) is 5.56 Å². The number of nitrogens with one attached hydrogen (secondary N) is 1. The molecule has 0 aliphatic rings. The van der Waals surface area contributed by atoms with Crippen molar-refractivity contribution < 1.29 is 4.79 Å². The number of pyridine rings is 1. The first-order chi connectivity index (χ1) is 10.6. The van der Waals surface area contributed by atoms with Gasteiger partial charge in [0.2, 0.25) is 5.91 Å². The molecule has 0 aliphatic carbocycles. The smallest absolute Gasteiger partial charge is 0.248 e. The summed E-state index contributed by atoms with van der Waals surface area (Å²) >= 11 is 1.50. The van der Waals surface area contributed by atoms with Crippen LogP contribution in [0.25, 0.3) is 11.3 Å². The molecule has 0 saturated carbocycles. The van der Waals surface area contributed by atoms with Crippen molar-refractivity contribution in [1.82, 2.24) is 9.97 Å². The molecule has 0 spiro atoms. The van der Waals surface area contributed by atoms with E-state index in [4.69, 9.17) is 5.73 Å². The molecule has 0 bridgehead atoms. The molecule has 0 aliphatic heterocycles. The van der Waals surface area contributed by atoms with Crippen molar-refractivity contribution in [3.05, 3.63) is 59.2 Å². The van der Waals surface area contributed by atoms with Crippen LogP contribution in [0.2, 0.25) is 0 Å². The van der Waals surface area contributed by atoms with Gasteiger partial charge in [0, 0.05) is 34.6 Å². The topological polar surface area (TPSA) is 80.9 Å². The quantitative estimate of drug-likeness (QED) is 0.774. The highest BCUT2D eigenvalue weighted by Gasteiger charge is 2.08. The fraction of sp³-hybridized carbons (Fsp3) is 0.0625. The van der Waals surface area contributed by atoms with Crippen LogP contribution in [0.15, 0.2) is 48.1 Å². The highest BCUT2D eigenvalue weighted by Crippen LogP contribution is 2.28. The van der Waals surface area contributed by atoms with E-state index in [1.54, 1.807) is 24.5 Å². The van der Waals surface area contributed by atoms with E-state index < -0.39 is 5.91 Å². The van der Waals surface area contributed by atoms with E-state index in [1.165, 1.54) is 11.3 Å². The standard InChI is InChI=1S/C16H14N4OS/c1-10-2-3-12(15(17)21)8-13(10)19-16-20-14(9-22-16)11-4-6-18-7-5-11/h2-9H,1H3,(H2,17,21)(H,19,20). The lowest BCUT2D eigenvalue weighted by molar-refractivity contribution is 0.100. The molecule has 0 atom stereocenters. The van der Waals surface area contributed by atoms with Crippen LogP contribution in [0.3, 0.4) is 0 Å². The van der Waals surface area contributed by atoms with Crippen molar-refractivity contribution in [2.24, 2.45) is 5.73 Å². The molecule has 5 nitrogen and oxygen atoms in total. The van der Waals surface area contributed by atoms with Gasteiger partial charge in [-0.3, -0.25) is 9.78 Å². The SMILES string of the molecule is Cc1ccc(C(N)=O)cc1Nc1nc(-c2ccncc2)cs1. The van der Waals surface area contributed by atoms with Crippen LogP contribution in [-0.4, -0.2) is 15.9 Å². The van der Waals surface area contributed by atoms with Gasteiger partial charge in [-0.25, -0.2) is 4.98 Å². The average molecular weight is 310 g/mol. The molecular weight excluding hydrogens is 296 g/mol. The maximum Gasteiger partial charge on any atom is 0.248 e. The number of carbonyl (C=O) groups excluding carboxylic acids is 1. The Morgan fingerprint density at radius 3 is 2.73 bits per heavy atom. The van der Waals surface area contributed by atoms with E-state index >= 15 is 0 Å². The molecule has 3 rings (SSSR count). The summed E-state index contributed by atoms with van der Waals surface area (Å²) in [6, 6.07) is 9.15. The molecule has 110 valence electrons. The average Bonchev–Trinajstić information content (AvgIpc) is 2.99. The number of anilines is 2. The first kappa shape index (κ1) is 14.2. The number of nitrogens with two attached hydrogens (primary N) is 1. The van der Waals surface area contributed by atoms with Gasteiger partial charge in [0.25, 0.3) is 0 Å². The van der Waals surface area contributed by atoms with Crippen molar-refractivity contribution in [3.8, 4) is 11.3 Å². The van der Waals surface area contributed by atoms with Gasteiger partial charge < -0.3 is 11.1 Å². The predicted molar refractivity (Wildman–Crippen MR) is 88.3 cm³/mol. The second-order valence-electron chi connectivity index (χ2n) is 4.79. The Bertz CT molecular complexity index is 814. The number of amides is 1. The first-order valence-corrected chi connectivity index (χ1v) is 7.55. The highest BCUT2D eigenvalue weighted by atomic mass is 32.1. The summed E-state index contributed by atoms with van der Waals surface area (Å²) in [6.45, 7) is 1.96. The highest BCUT2D eigenvalue weighted by molar-refractivity contribution is 7.14. The summed E-state index contributed by atoms with van der Waals surface area (Å²) in [5.74, 6) is -0.445. The van der Waals surface area contributed by atoms with Gasteiger partial charge in [-0.1, -0.05) is 6.07 Å². The predicted octanol–water partition coefficient (Wildman–Crippen LogP) is 3.36. The molecular formula is C16H14N4OS. The monoisotopic (exact) mass is 310 g/mol. The minimum absolute atomic E-state index is 0.445. The number of primary amides is 1. The van der Waals surface area contributed by atoms with Gasteiger partial charge in [-0.2, -0.15) is 0 Å². The Morgan fingerprint density at radius 1 is 1.23 bits per heavy atom. The van der Waals surface area contributed by atoms with Gasteiger partial charge >= 0.3 is 0 Å². The van der Waals surface area contributed by atoms with Gasteiger partial charge in [-0.05, 0) is 36.8 Å². The Morgan fingerprint density at radius 2 is 2.00 bits per heavy atom. The lowest BCUT2D eigenvalue weighted by Crippen LogP contribution is -2.11. The summed E-state index contributed by atoms with van der Waals surface area (Å²) in [6.07, 6.45) is 3.48. The number of hydrogen-bond donors (Lipinski definition) is 2. The van der Waals surface area contributed by atoms with Gasteiger partial charge in [-0.15, -0.1) is 11.3 Å². The minimum Gasteiger partial charge on any atom is -0.366 e. The molecule has 3 N–H and O–H groups in total. The fourth-order valence-corrected chi connectivity index (χ4v) is 2.74. The van der Waals surface area contributed by atoms with Crippen molar-refractivity contribution in [2.45, 2.75) is 6.92 Å². The lowest BCUT2D eigenvalue weighted by Gasteiger charge is -2.08. The molecule has 0 saturated heterocycles. The van der Waals surface area contributed by atoms with Crippen molar-refractivity contribution in [3.63, 3.8) is 0 Å². The van der Waals surface area contributed by atoms with Crippen molar-refractivity contribution in [2.75, 3.05) is 5.32 Å². The number of hydrogen-bond acceptors (Lipinski definition) is 5. The zero-order chi connectivity index (χ0) is 15.5. The van der Waals surface area contributed by atoms with Crippen LogP contribution in [-0.2, 0) is 0 Å². The van der Waals surface area contributed by atoms with E-state index in [-0.39, 0.29) is 0 Å². The van der Waals surface area contributed by atoms with Crippen LogP contribution in [0.4, 0.5) is 10.8 Å². The Hall–Kier alpha value is -2.73. The zero-order valence-electron chi connectivity index (χ0n) is 11.9. The Balaban J connectivity index is 1.87. The fourth-order valence-electron chi connectivity index (χ4n) is 2.01. The lowest BCUT2D eigenvalue weighted by atomic mass is 10.1. The third-order valence-corrected chi connectivity index (χ3v) is 4.00. The number of nitrogens with zero attached hydrogens (tertiary/aromatic N) is 2. The number of aromatic nitrogens is 2. The first-order valence-electron chi connectivity index (χ1n) is 6.67. The summed E-state index contributed by atoms with van der Waals surface area (Å²) in [4.78, 5) is 19.8. The van der Waals surface area contributed by atoms with E-state index in [9.17, 15) is 4.79 Å². The van der Waals surface area contributed by atoms with Crippen LogP contribution in [0.1, 0.15) is 15.9 Å². The van der Waals surface area contributed by atoms with E-state index in [0.717, 1.165) is 27.6 Å². The molecule has 0 unspecified atom stereocenters. The molecule has 2 heterocycles. The van der Waals surface area contributed by atoms with Crippen molar-refractivity contribution in [1.29, 1.82) is 0 Å². The third kappa shape index (κ3) is 2.96. The summed E-state index contributed by atoms with van der Waals surface area (Å²) < 4.78 is 0. The van der Waals surface area contributed by atoms with E-state index in [2.05, 4.69) is 15.3 Å². The molecule has 22 heavy (non-hydrogen) atoms. The van der Waals surface area contributed by atoms with Crippen LogP contribution >= 0.6 is 11.3 Å². The summed E-state index contributed by atoms with van der Waals surface area (Å²) in [5, 5.41) is 5.98. The van der Waals surface area contributed by atoms with Gasteiger partial charge in [0.15, 0.2) is 5.13 Å². The Labute approximate surface area is 131 Å². The number of rotatable bonds is 4. The second-order valence-corrected chi connectivity index (χ2v) is 5.65. The minimum atomic E-state index is -0.445. The maximum atomic E-state index is 11.3. The molecule has 3 aromatic rings. The molecule has 1 amide bonds. The molecule has 6 heteroatoms. The van der Waals surface area contributed by atoms with Gasteiger partial charge in [0.05, 0.1) is 5.69 Å². The third-order valence-electron chi connectivity index (χ3n) is 3.24. The van der Waals surface area contributed by atoms with Crippen LogP contribution < -0.4 is 11.1 Å². The maximum absolute atomic E-state index is 11.3. The number of benzene rings is 1. The van der Waals surface area contributed by atoms with Crippen LogP contribution in [0, 0.1) is 6.92 Å². The van der Waals surface area contributed by atoms with Crippen molar-refractivity contribution >= 4 is 28.1 Å².